The first-order valence-corrected chi connectivity index (χ1v) is 6.45. The number of rotatable bonds is 3. The van der Waals surface area contributed by atoms with Crippen molar-refractivity contribution in [2.75, 3.05) is 12.4 Å². The number of hydrogen-bond acceptors (Lipinski definition) is 4. The van der Waals surface area contributed by atoms with E-state index in [1.807, 2.05) is 0 Å². The van der Waals surface area contributed by atoms with Gasteiger partial charge in [0.15, 0.2) is 0 Å². The van der Waals surface area contributed by atoms with Crippen LogP contribution in [-0.4, -0.2) is 28.5 Å². The quantitative estimate of drug-likeness (QED) is 0.858. The highest BCUT2D eigenvalue weighted by Crippen LogP contribution is 2.27. The van der Waals surface area contributed by atoms with Crippen molar-refractivity contribution < 1.29 is 4.79 Å². The minimum absolute atomic E-state index is 0.0846. The van der Waals surface area contributed by atoms with Gasteiger partial charge in [0.05, 0.1) is 12.4 Å². The molecular weight excluding hydrogens is 228 g/mol. The number of hydrogen-bond donors (Lipinski definition) is 2. The summed E-state index contributed by atoms with van der Waals surface area (Å²) in [6, 6.07) is 0. The van der Waals surface area contributed by atoms with Crippen LogP contribution in [-0.2, 0) is 0 Å². The Kier molecular flexibility index (Phi) is 3.79. The van der Waals surface area contributed by atoms with E-state index in [1.165, 1.54) is 25.5 Å². The van der Waals surface area contributed by atoms with Crippen molar-refractivity contribution >= 4 is 11.7 Å². The van der Waals surface area contributed by atoms with Crippen LogP contribution in [0.25, 0.3) is 0 Å². The van der Waals surface area contributed by atoms with Gasteiger partial charge in [-0.1, -0.05) is 19.3 Å². The highest BCUT2D eigenvalue weighted by molar-refractivity contribution is 5.92. The van der Waals surface area contributed by atoms with Gasteiger partial charge in [-0.3, -0.25) is 4.79 Å². The van der Waals surface area contributed by atoms with E-state index in [2.05, 4.69) is 27.5 Å². The zero-order valence-electron chi connectivity index (χ0n) is 11.0. The van der Waals surface area contributed by atoms with E-state index in [9.17, 15) is 4.79 Å². The van der Waals surface area contributed by atoms with Crippen molar-refractivity contribution in [1.29, 1.82) is 0 Å². The zero-order valence-corrected chi connectivity index (χ0v) is 11.0. The van der Waals surface area contributed by atoms with Crippen LogP contribution in [0.1, 0.15) is 49.5 Å². The molecule has 5 heteroatoms. The Bertz CT molecular complexity index is 410. The van der Waals surface area contributed by atoms with Crippen LogP contribution in [0.4, 0.5) is 5.82 Å². The summed E-state index contributed by atoms with van der Waals surface area (Å²) in [7, 11) is 1.77. The molecule has 2 rings (SSSR count). The van der Waals surface area contributed by atoms with Crippen LogP contribution in [0.5, 0.6) is 0 Å². The molecule has 98 valence electrons. The molecule has 0 aromatic carbocycles. The first-order chi connectivity index (χ1) is 8.63. The Labute approximate surface area is 107 Å². The van der Waals surface area contributed by atoms with Crippen LogP contribution in [0.2, 0.25) is 0 Å². The largest absolute Gasteiger partial charge is 0.372 e. The predicted molar refractivity (Wildman–Crippen MR) is 70.5 cm³/mol. The van der Waals surface area contributed by atoms with Crippen molar-refractivity contribution in [3.05, 3.63) is 18.1 Å². The Morgan fingerprint density at radius 2 is 1.94 bits per heavy atom. The lowest BCUT2D eigenvalue weighted by atomic mass is 9.83. The van der Waals surface area contributed by atoms with Gasteiger partial charge >= 0.3 is 0 Å². The van der Waals surface area contributed by atoms with Crippen LogP contribution in [0, 0.1) is 0 Å². The third-order valence-corrected chi connectivity index (χ3v) is 3.51. The molecule has 0 radical (unpaired) electrons. The van der Waals surface area contributed by atoms with Gasteiger partial charge in [0, 0.05) is 12.6 Å². The lowest BCUT2D eigenvalue weighted by molar-refractivity contribution is 0.0877. The average molecular weight is 248 g/mol. The minimum Gasteiger partial charge on any atom is -0.372 e. The molecule has 1 aromatic heterocycles. The number of anilines is 1. The van der Waals surface area contributed by atoms with E-state index in [1.54, 1.807) is 13.2 Å². The first-order valence-electron chi connectivity index (χ1n) is 6.45. The standard InChI is InChI=1S/C13H20N4O/c1-13(6-4-3-5-7-13)17-12(18)10-8-16-11(14-2)9-15-10/h8-9H,3-7H2,1-2H3,(H,14,16)(H,17,18). The molecule has 0 atom stereocenters. The van der Waals surface area contributed by atoms with E-state index in [0.29, 0.717) is 11.5 Å². The van der Waals surface area contributed by atoms with Crippen molar-refractivity contribution in [3.8, 4) is 0 Å². The van der Waals surface area contributed by atoms with Crippen LogP contribution < -0.4 is 10.6 Å². The van der Waals surface area contributed by atoms with E-state index >= 15 is 0 Å². The van der Waals surface area contributed by atoms with E-state index in [0.717, 1.165) is 12.8 Å². The maximum atomic E-state index is 12.1. The van der Waals surface area contributed by atoms with Crippen molar-refractivity contribution in [1.82, 2.24) is 15.3 Å². The molecule has 1 aromatic rings. The average Bonchev–Trinajstić information content (AvgIpc) is 2.39. The van der Waals surface area contributed by atoms with Gasteiger partial charge in [-0.05, 0) is 19.8 Å². The van der Waals surface area contributed by atoms with Gasteiger partial charge < -0.3 is 10.6 Å². The highest BCUT2D eigenvalue weighted by Gasteiger charge is 2.29. The Hall–Kier alpha value is -1.65. The summed E-state index contributed by atoms with van der Waals surface area (Å²) < 4.78 is 0. The second kappa shape index (κ2) is 5.33. The molecule has 0 unspecified atom stereocenters. The summed E-state index contributed by atoms with van der Waals surface area (Å²) in [6.07, 6.45) is 8.79. The summed E-state index contributed by atoms with van der Waals surface area (Å²) in [5.74, 6) is 0.532. The van der Waals surface area contributed by atoms with Crippen molar-refractivity contribution in [3.63, 3.8) is 0 Å². The van der Waals surface area contributed by atoms with Gasteiger partial charge in [-0.2, -0.15) is 0 Å². The molecule has 1 aliphatic rings. The van der Waals surface area contributed by atoms with Crippen LogP contribution in [0.3, 0.4) is 0 Å². The number of amides is 1. The molecule has 1 amide bonds. The molecule has 0 spiro atoms. The van der Waals surface area contributed by atoms with Gasteiger partial charge in [0.1, 0.15) is 11.5 Å². The van der Waals surface area contributed by atoms with Gasteiger partial charge in [0.2, 0.25) is 0 Å². The minimum atomic E-state index is -0.130. The maximum Gasteiger partial charge on any atom is 0.271 e. The topological polar surface area (TPSA) is 66.9 Å². The molecule has 0 bridgehead atoms. The molecule has 18 heavy (non-hydrogen) atoms. The van der Waals surface area contributed by atoms with Crippen molar-refractivity contribution in [2.45, 2.75) is 44.6 Å². The van der Waals surface area contributed by atoms with Crippen LogP contribution >= 0.6 is 0 Å². The number of carbonyl (C=O) groups is 1. The van der Waals surface area contributed by atoms with Crippen molar-refractivity contribution in [2.24, 2.45) is 0 Å². The summed E-state index contributed by atoms with van der Waals surface area (Å²) in [4.78, 5) is 20.3. The maximum absolute atomic E-state index is 12.1. The molecule has 1 aliphatic carbocycles. The monoisotopic (exact) mass is 248 g/mol. The fourth-order valence-corrected chi connectivity index (χ4v) is 2.37. The molecule has 1 heterocycles. The number of aromatic nitrogens is 2. The Morgan fingerprint density at radius 1 is 1.22 bits per heavy atom. The number of nitrogens with zero attached hydrogens (tertiary/aromatic N) is 2. The predicted octanol–water partition coefficient (Wildman–Crippen LogP) is 1.97. The van der Waals surface area contributed by atoms with E-state index < -0.39 is 0 Å². The van der Waals surface area contributed by atoms with Crippen LogP contribution in [0.15, 0.2) is 12.4 Å². The summed E-state index contributed by atoms with van der Waals surface area (Å²) in [5.41, 5.74) is 0.291. The molecule has 5 nitrogen and oxygen atoms in total. The van der Waals surface area contributed by atoms with Gasteiger partial charge in [0.25, 0.3) is 5.91 Å². The van der Waals surface area contributed by atoms with E-state index in [4.69, 9.17) is 0 Å². The second-order valence-electron chi connectivity index (χ2n) is 5.11. The Morgan fingerprint density at radius 3 is 2.50 bits per heavy atom. The van der Waals surface area contributed by atoms with Gasteiger partial charge in [-0.25, -0.2) is 9.97 Å². The molecular formula is C13H20N4O. The highest BCUT2D eigenvalue weighted by atomic mass is 16.2. The zero-order chi connectivity index (χ0) is 13.0. The fraction of sp³-hybridized carbons (Fsp3) is 0.615. The first kappa shape index (κ1) is 12.8. The number of carbonyl (C=O) groups excluding carboxylic acids is 1. The molecule has 0 aliphatic heterocycles. The lowest BCUT2D eigenvalue weighted by Crippen LogP contribution is -2.47. The molecule has 1 fully saturated rings. The SMILES string of the molecule is CNc1cnc(C(=O)NC2(C)CCCCC2)cn1. The smallest absolute Gasteiger partial charge is 0.271 e. The summed E-state index contributed by atoms with van der Waals surface area (Å²) in [6.45, 7) is 2.11. The molecule has 1 saturated carbocycles. The number of nitrogens with one attached hydrogen (secondary N) is 2. The third-order valence-electron chi connectivity index (χ3n) is 3.51. The van der Waals surface area contributed by atoms with Gasteiger partial charge in [-0.15, -0.1) is 0 Å². The third kappa shape index (κ3) is 2.97. The summed E-state index contributed by atoms with van der Waals surface area (Å²) >= 11 is 0. The molecule has 0 saturated heterocycles. The summed E-state index contributed by atoms with van der Waals surface area (Å²) in [5, 5.41) is 5.96. The normalized spacial score (nSPS) is 18.1. The fourth-order valence-electron chi connectivity index (χ4n) is 2.37. The van der Waals surface area contributed by atoms with E-state index in [-0.39, 0.29) is 11.4 Å². The Balaban J connectivity index is 2.02. The lowest BCUT2D eigenvalue weighted by Gasteiger charge is -2.34. The second-order valence-corrected chi connectivity index (χ2v) is 5.11. The molecule has 2 N–H and O–H groups in total.